The van der Waals surface area contributed by atoms with E-state index in [0.717, 1.165) is 16.3 Å². The zero-order valence-electron chi connectivity index (χ0n) is 10.5. The molecule has 0 fully saturated rings. The van der Waals surface area contributed by atoms with Crippen LogP contribution in [-0.2, 0) is 6.42 Å². The van der Waals surface area contributed by atoms with Gasteiger partial charge in [0.1, 0.15) is 17.2 Å². The van der Waals surface area contributed by atoms with Gasteiger partial charge in [-0.3, -0.25) is 0 Å². The number of halogens is 1. The van der Waals surface area contributed by atoms with Crippen molar-refractivity contribution in [1.29, 1.82) is 0 Å². The van der Waals surface area contributed by atoms with Gasteiger partial charge in [0.2, 0.25) is 0 Å². The first-order valence-corrected chi connectivity index (χ1v) is 7.24. The third-order valence-electron chi connectivity index (χ3n) is 2.83. The molecule has 0 aliphatic rings. The van der Waals surface area contributed by atoms with Gasteiger partial charge in [-0.25, -0.2) is 15.0 Å². The van der Waals surface area contributed by atoms with Gasteiger partial charge in [0, 0.05) is 17.4 Å². The number of thiazole rings is 1. The molecule has 2 heterocycles. The van der Waals surface area contributed by atoms with E-state index in [2.05, 4.69) is 15.0 Å². The summed E-state index contributed by atoms with van der Waals surface area (Å²) in [5.41, 5.74) is 8.43. The quantitative estimate of drug-likeness (QED) is 0.805. The molecule has 2 N–H and O–H groups in total. The molecule has 1 aromatic carbocycles. The number of nitrogen functional groups attached to an aromatic ring is 1. The fourth-order valence-corrected chi connectivity index (χ4v) is 2.79. The van der Waals surface area contributed by atoms with E-state index in [1.807, 2.05) is 35.7 Å². The molecule has 0 radical (unpaired) electrons. The highest BCUT2D eigenvalue weighted by Crippen LogP contribution is 2.26. The number of hydrogen-bond donors (Lipinski definition) is 1. The fraction of sp³-hybridized carbons (Fsp3) is 0.0714. The molecule has 3 aromatic rings. The normalized spacial score (nSPS) is 10.7. The summed E-state index contributed by atoms with van der Waals surface area (Å²) >= 11 is 7.68. The van der Waals surface area contributed by atoms with Crippen LogP contribution in [0.5, 0.6) is 0 Å². The summed E-state index contributed by atoms with van der Waals surface area (Å²) < 4.78 is 0. The maximum atomic E-state index is 6.09. The van der Waals surface area contributed by atoms with Gasteiger partial charge in [-0.2, -0.15) is 0 Å². The zero-order chi connectivity index (χ0) is 13.9. The van der Waals surface area contributed by atoms with E-state index in [1.165, 1.54) is 6.33 Å². The van der Waals surface area contributed by atoms with E-state index in [0.29, 0.717) is 23.0 Å². The van der Waals surface area contributed by atoms with E-state index in [-0.39, 0.29) is 0 Å². The number of hydrogen-bond acceptors (Lipinski definition) is 5. The van der Waals surface area contributed by atoms with Crippen LogP contribution < -0.4 is 5.73 Å². The van der Waals surface area contributed by atoms with Gasteiger partial charge in [0.25, 0.3) is 0 Å². The third-order valence-corrected chi connectivity index (χ3v) is 4.09. The number of aromatic nitrogens is 3. The van der Waals surface area contributed by atoms with Crippen LogP contribution in [0.3, 0.4) is 0 Å². The Balaban J connectivity index is 1.86. The van der Waals surface area contributed by atoms with Crippen molar-refractivity contribution in [3.8, 4) is 11.3 Å². The highest BCUT2D eigenvalue weighted by atomic mass is 35.5. The molecule has 0 bridgehead atoms. The van der Waals surface area contributed by atoms with Gasteiger partial charge in [-0.15, -0.1) is 11.3 Å². The van der Waals surface area contributed by atoms with Crippen LogP contribution in [0, 0.1) is 0 Å². The molecule has 100 valence electrons. The minimum Gasteiger partial charge on any atom is -0.382 e. The van der Waals surface area contributed by atoms with Crippen molar-refractivity contribution in [1.82, 2.24) is 15.0 Å². The summed E-state index contributed by atoms with van der Waals surface area (Å²) in [5, 5.41) is 3.39. The Morgan fingerprint density at radius 1 is 1.15 bits per heavy atom. The standard InChI is InChI=1S/C14H11ClN4S/c15-13-10(17-8-18-14(13)16)6-12-19-11(7-20-12)9-4-2-1-3-5-9/h1-5,7-8H,6H2,(H2,16,17,18). The van der Waals surface area contributed by atoms with E-state index >= 15 is 0 Å². The topological polar surface area (TPSA) is 64.7 Å². The first-order valence-electron chi connectivity index (χ1n) is 5.98. The molecule has 6 heteroatoms. The Morgan fingerprint density at radius 2 is 1.95 bits per heavy atom. The monoisotopic (exact) mass is 302 g/mol. The second-order valence-electron chi connectivity index (χ2n) is 4.19. The Morgan fingerprint density at radius 3 is 2.75 bits per heavy atom. The minimum absolute atomic E-state index is 0.302. The van der Waals surface area contributed by atoms with E-state index in [1.54, 1.807) is 11.3 Å². The van der Waals surface area contributed by atoms with Crippen molar-refractivity contribution >= 4 is 28.8 Å². The van der Waals surface area contributed by atoms with Crippen molar-refractivity contribution in [2.75, 3.05) is 5.73 Å². The van der Waals surface area contributed by atoms with Crippen molar-refractivity contribution in [2.24, 2.45) is 0 Å². The van der Waals surface area contributed by atoms with Gasteiger partial charge in [-0.1, -0.05) is 41.9 Å². The first kappa shape index (κ1) is 13.0. The van der Waals surface area contributed by atoms with Gasteiger partial charge in [0.05, 0.1) is 16.4 Å². The lowest BCUT2D eigenvalue weighted by Gasteiger charge is -2.02. The molecule has 0 spiro atoms. The average Bonchev–Trinajstić information content (AvgIpc) is 2.93. The Hall–Kier alpha value is -1.98. The SMILES string of the molecule is Nc1ncnc(Cc2nc(-c3ccccc3)cs2)c1Cl. The molecule has 0 atom stereocenters. The van der Waals surface area contributed by atoms with Crippen LogP contribution in [0.1, 0.15) is 10.7 Å². The van der Waals surface area contributed by atoms with E-state index in [9.17, 15) is 0 Å². The molecule has 4 nitrogen and oxygen atoms in total. The van der Waals surface area contributed by atoms with E-state index in [4.69, 9.17) is 17.3 Å². The summed E-state index contributed by atoms with van der Waals surface area (Å²) in [4.78, 5) is 12.6. The highest BCUT2D eigenvalue weighted by Gasteiger charge is 2.10. The van der Waals surface area contributed by atoms with Crippen molar-refractivity contribution in [3.63, 3.8) is 0 Å². The summed E-state index contributed by atoms with van der Waals surface area (Å²) in [7, 11) is 0. The second kappa shape index (κ2) is 5.56. The maximum Gasteiger partial charge on any atom is 0.145 e. The molecule has 0 aliphatic heterocycles. The summed E-state index contributed by atoms with van der Waals surface area (Å²) in [6.45, 7) is 0. The predicted molar refractivity (Wildman–Crippen MR) is 81.8 cm³/mol. The summed E-state index contributed by atoms with van der Waals surface area (Å²) in [6.07, 6.45) is 1.98. The van der Waals surface area contributed by atoms with Gasteiger partial charge >= 0.3 is 0 Å². The predicted octanol–water partition coefficient (Wildman–Crippen LogP) is 3.43. The Bertz CT molecular complexity index is 727. The molecule has 20 heavy (non-hydrogen) atoms. The van der Waals surface area contributed by atoms with Gasteiger partial charge in [0.15, 0.2) is 0 Å². The molecule has 0 amide bonds. The minimum atomic E-state index is 0.302. The van der Waals surface area contributed by atoms with Gasteiger partial charge < -0.3 is 5.73 Å². The zero-order valence-corrected chi connectivity index (χ0v) is 12.0. The van der Waals surface area contributed by atoms with Crippen molar-refractivity contribution in [2.45, 2.75) is 6.42 Å². The van der Waals surface area contributed by atoms with Gasteiger partial charge in [-0.05, 0) is 0 Å². The van der Waals surface area contributed by atoms with Crippen LogP contribution in [0.25, 0.3) is 11.3 Å². The van der Waals surface area contributed by atoms with Crippen LogP contribution in [0.15, 0.2) is 42.0 Å². The Kier molecular flexibility index (Phi) is 3.62. The van der Waals surface area contributed by atoms with Crippen molar-refractivity contribution < 1.29 is 0 Å². The lowest BCUT2D eigenvalue weighted by molar-refractivity contribution is 1.02. The molecule has 0 aliphatic carbocycles. The maximum absolute atomic E-state index is 6.09. The Labute approximate surface area is 125 Å². The van der Waals surface area contributed by atoms with E-state index < -0.39 is 0 Å². The number of nitrogens with zero attached hydrogens (tertiary/aromatic N) is 3. The average molecular weight is 303 g/mol. The fourth-order valence-electron chi connectivity index (χ4n) is 1.82. The molecular formula is C14H11ClN4S. The highest BCUT2D eigenvalue weighted by molar-refractivity contribution is 7.10. The van der Waals surface area contributed by atoms with Crippen LogP contribution in [-0.4, -0.2) is 15.0 Å². The lowest BCUT2D eigenvalue weighted by atomic mass is 10.2. The summed E-state index contributed by atoms with van der Waals surface area (Å²) in [5.74, 6) is 0.302. The third kappa shape index (κ3) is 2.64. The molecule has 2 aromatic heterocycles. The lowest BCUT2D eigenvalue weighted by Crippen LogP contribution is -1.99. The second-order valence-corrected chi connectivity index (χ2v) is 5.51. The van der Waals surface area contributed by atoms with Crippen LogP contribution in [0.4, 0.5) is 5.82 Å². The van der Waals surface area contributed by atoms with Crippen LogP contribution in [0.2, 0.25) is 5.02 Å². The molecule has 3 rings (SSSR count). The molecule has 0 saturated heterocycles. The number of benzene rings is 1. The number of anilines is 1. The number of nitrogens with two attached hydrogens (primary N) is 1. The molecule has 0 unspecified atom stereocenters. The molecular weight excluding hydrogens is 292 g/mol. The summed E-state index contributed by atoms with van der Waals surface area (Å²) in [6, 6.07) is 10.1. The number of rotatable bonds is 3. The van der Waals surface area contributed by atoms with Crippen molar-refractivity contribution in [3.05, 3.63) is 57.8 Å². The van der Waals surface area contributed by atoms with Crippen LogP contribution >= 0.6 is 22.9 Å². The first-order chi connectivity index (χ1) is 9.74. The largest absolute Gasteiger partial charge is 0.382 e. The molecule has 0 saturated carbocycles. The smallest absolute Gasteiger partial charge is 0.145 e.